The van der Waals surface area contributed by atoms with E-state index in [9.17, 15) is 0 Å². The molecule has 12 aromatic carbocycles. The largest absolute Gasteiger partial charge is 0.449 e. The van der Waals surface area contributed by atoms with Gasteiger partial charge in [-0.25, -0.2) is 0 Å². The molecule has 0 saturated carbocycles. The van der Waals surface area contributed by atoms with Crippen molar-refractivity contribution in [1.82, 2.24) is 0 Å². The molecule has 20 aromatic rings. The molecular weight excluding hydrogens is 1310 g/mol. The molecule has 20 rings (SSSR count). The number of furan rings is 4. The first kappa shape index (κ1) is 57.8. The third-order valence-electron chi connectivity index (χ3n) is 21.4. The van der Waals surface area contributed by atoms with Crippen LogP contribution < -0.4 is 18.3 Å². The van der Waals surface area contributed by atoms with E-state index in [0.717, 1.165) is 105 Å². The minimum Gasteiger partial charge on any atom is -0.449 e. The molecule has 0 bridgehead atoms. The Morgan fingerprint density at radius 2 is 0.561 bits per heavy atom. The van der Waals surface area contributed by atoms with Crippen LogP contribution in [0.15, 0.2) is 267 Å². The van der Waals surface area contributed by atoms with Crippen LogP contribution in [0.5, 0.6) is 0 Å². The van der Waals surface area contributed by atoms with Gasteiger partial charge < -0.3 is 17.7 Å². The summed E-state index contributed by atoms with van der Waals surface area (Å²) in [7, 11) is 7.82. The Morgan fingerprint density at radius 1 is 0.243 bits per heavy atom. The van der Waals surface area contributed by atoms with Gasteiger partial charge in [0.25, 0.3) is 22.8 Å². The molecule has 0 unspecified atom stereocenters. The zero-order valence-electron chi connectivity index (χ0n) is 71.1. The fraction of sp³-hybridized carbons (Fsp3) is 0.152. The van der Waals surface area contributed by atoms with Gasteiger partial charge in [-0.05, 0) is 214 Å². The lowest BCUT2D eigenvalue weighted by Crippen LogP contribution is -2.31. The highest BCUT2D eigenvalue weighted by Crippen LogP contribution is 2.43. The van der Waals surface area contributed by atoms with Crippen molar-refractivity contribution in [2.75, 3.05) is 0 Å². The van der Waals surface area contributed by atoms with Crippen molar-refractivity contribution in [3.05, 3.63) is 310 Å². The Hall–Kier alpha value is -12.5. The third kappa shape index (κ3) is 12.0. The maximum absolute atomic E-state index is 8.19. The van der Waals surface area contributed by atoms with Crippen LogP contribution >= 0.6 is 0 Å². The zero-order valence-corrected chi connectivity index (χ0v) is 62.1. The molecule has 0 saturated heterocycles. The molecule has 0 N–H and O–H groups in total. The number of benzene rings is 12. The van der Waals surface area contributed by atoms with E-state index in [2.05, 4.69) is 235 Å². The molecule has 0 atom stereocenters. The summed E-state index contributed by atoms with van der Waals surface area (Å²) in [6.45, 7) is 9.75. The van der Waals surface area contributed by atoms with Crippen molar-refractivity contribution < 1.29 is 48.3 Å². The number of fused-ring (bicyclic) bond motifs is 16. The lowest BCUT2D eigenvalue weighted by molar-refractivity contribution is -0.659. The second-order valence-corrected chi connectivity index (χ2v) is 29.1. The van der Waals surface area contributed by atoms with Crippen molar-refractivity contribution in [2.45, 2.75) is 75.9 Å². The van der Waals surface area contributed by atoms with E-state index in [1.807, 2.05) is 74.0 Å². The highest BCUT2D eigenvalue weighted by Gasteiger charge is 2.29. The number of rotatable bonds is 4. The van der Waals surface area contributed by atoms with Crippen molar-refractivity contribution in [3.63, 3.8) is 0 Å². The van der Waals surface area contributed by atoms with Gasteiger partial charge in [0.15, 0.2) is 24.8 Å². The zero-order chi connectivity index (χ0) is 81.5. The molecule has 8 aromatic heterocycles. The number of aryl methyl sites for hydroxylation is 15. The van der Waals surface area contributed by atoms with Crippen molar-refractivity contribution in [1.29, 1.82) is 0 Å². The highest BCUT2D eigenvalue weighted by molar-refractivity contribution is 6.17. The molecule has 0 aliphatic heterocycles. The van der Waals surface area contributed by atoms with Crippen LogP contribution in [0.2, 0.25) is 0 Å². The van der Waals surface area contributed by atoms with E-state index >= 15 is 0 Å². The van der Waals surface area contributed by atoms with Crippen LogP contribution in [0.1, 0.15) is 73.5 Å². The van der Waals surface area contributed by atoms with Gasteiger partial charge in [0.05, 0.1) is 22.3 Å². The smallest absolute Gasteiger partial charge is 0.256 e. The van der Waals surface area contributed by atoms with Gasteiger partial charge in [-0.1, -0.05) is 167 Å². The summed E-state index contributed by atoms with van der Waals surface area (Å²) < 4.78 is 106. The lowest BCUT2D eigenvalue weighted by atomic mass is 9.98. The standard InChI is InChI=1S/C26H24NO.C25H22NO.2C24H20NO/c1-15-7-9-21(17(3)10-15)25-26-24(18(4)14-27(25)5)22-12-20-11-16(2)6-8-19(20)13-23(22)28-26;1-15-9-10-18-13-22-21(12-19(18)11-15)23-17(3)14-26(4)24(25(23)27-22)20-8-6-5-7-16(20)2;2*1-15-8-9-17-14-22-21(13-18(17)12-15)20-10-11-25(3)23(24(20)26-22)19-7-5-4-6-16(19)2/h6-14H,1-5H3;5-14H,1-4H3;2*4-14H,1-3H3/q4*+1/i1D3,4D3;3D3;;. The summed E-state index contributed by atoms with van der Waals surface area (Å²) in [5, 5.41) is 16.6. The third-order valence-corrected chi connectivity index (χ3v) is 21.4. The van der Waals surface area contributed by atoms with Crippen molar-refractivity contribution in [2.24, 2.45) is 28.2 Å². The molecule has 8 nitrogen and oxygen atoms in total. The number of nitrogens with zero attached hydrogens (tertiary/aromatic N) is 4. The van der Waals surface area contributed by atoms with E-state index in [0.29, 0.717) is 44.4 Å². The minimum atomic E-state index is -2.34. The average molecular weight is 1400 g/mol. The van der Waals surface area contributed by atoms with Crippen molar-refractivity contribution >= 4 is 131 Å². The van der Waals surface area contributed by atoms with E-state index in [1.54, 1.807) is 42.2 Å². The molecule has 8 heteroatoms. The monoisotopic (exact) mass is 1400 g/mol. The molecule has 0 amide bonds. The second-order valence-electron chi connectivity index (χ2n) is 29.1. The maximum atomic E-state index is 8.19. The Labute approximate surface area is 635 Å². The molecule has 522 valence electrons. The Morgan fingerprint density at radius 3 is 0.907 bits per heavy atom. The summed E-state index contributed by atoms with van der Waals surface area (Å²) >= 11 is 0. The molecule has 0 fully saturated rings. The molecule has 8 heterocycles. The van der Waals surface area contributed by atoms with Crippen molar-refractivity contribution in [3.8, 4) is 45.0 Å². The summed E-state index contributed by atoms with van der Waals surface area (Å²) in [6, 6.07) is 76.7. The van der Waals surface area contributed by atoms with Gasteiger partial charge in [-0.15, -0.1) is 0 Å². The van der Waals surface area contributed by atoms with E-state index in [-0.39, 0.29) is 11.1 Å². The van der Waals surface area contributed by atoms with E-state index in [1.165, 1.54) is 76.5 Å². The predicted molar refractivity (Wildman–Crippen MR) is 443 cm³/mol. The molecule has 0 aliphatic carbocycles. The Bertz CT molecular complexity index is 7250. The molecule has 0 radical (unpaired) electrons. The number of pyridine rings is 4. The Balaban J connectivity index is 0.000000112. The fourth-order valence-electron chi connectivity index (χ4n) is 15.9. The topological polar surface area (TPSA) is 68.1 Å². The van der Waals surface area contributed by atoms with Gasteiger partial charge >= 0.3 is 0 Å². The van der Waals surface area contributed by atoms with E-state index < -0.39 is 20.6 Å². The summed E-state index contributed by atoms with van der Waals surface area (Å²) in [4.78, 5) is 0. The molecule has 107 heavy (non-hydrogen) atoms. The van der Waals surface area contributed by atoms with Gasteiger partial charge in [-0.3, -0.25) is 0 Å². The SMILES string of the molecule is Cc1ccc2cc3oc4c(-c5ccccc5C)[n+](C)ccc4c3cc2c1.Cc1ccc2cc3oc4c(-c5ccccc5C)[n+](C)ccc4c3cc2c1.[2H]C([2H])([2H])c1c[n+](C)c(-c2ccccc2C)c2oc3cc4ccc(C)cc4cc3c12.[2H]C([2H])([2H])c1ccc(-c2c3oc4cc5ccc(C)cc5cc4c3c(C([2H])([2H])[2H])c[n+]2C)c(C)c1. The van der Waals surface area contributed by atoms with Crippen LogP contribution in [0, 0.1) is 75.9 Å². The number of hydrogen-bond acceptors (Lipinski definition) is 4. The molecule has 0 spiro atoms. The van der Waals surface area contributed by atoms with Gasteiger partial charge in [0.2, 0.25) is 22.3 Å². The lowest BCUT2D eigenvalue weighted by Gasteiger charge is -2.07. The first-order valence-corrected chi connectivity index (χ1v) is 36.2. The van der Waals surface area contributed by atoms with Gasteiger partial charge in [-0.2, -0.15) is 18.3 Å². The minimum absolute atomic E-state index is 0.219. The number of hydrogen-bond donors (Lipinski definition) is 0. The van der Waals surface area contributed by atoms with Crippen LogP contribution in [0.3, 0.4) is 0 Å². The maximum Gasteiger partial charge on any atom is 0.256 e. The summed E-state index contributed by atoms with van der Waals surface area (Å²) in [5.74, 6) is 0. The quantitative estimate of drug-likeness (QED) is 0.165. The fourth-order valence-corrected chi connectivity index (χ4v) is 15.9. The first-order chi connectivity index (χ1) is 55.3. The van der Waals surface area contributed by atoms with Crippen LogP contribution in [-0.4, -0.2) is 0 Å². The number of aromatic nitrogens is 4. The van der Waals surface area contributed by atoms with Gasteiger partial charge in [0.1, 0.15) is 50.5 Å². The normalized spacial score (nSPS) is 13.3. The first-order valence-electron chi connectivity index (χ1n) is 40.7. The summed E-state index contributed by atoms with van der Waals surface area (Å²) in [6.07, 6.45) is 7.61. The second kappa shape index (κ2) is 26.6. The predicted octanol–water partition coefficient (Wildman–Crippen LogP) is 24.3. The van der Waals surface area contributed by atoms with Crippen LogP contribution in [-0.2, 0) is 28.2 Å². The van der Waals surface area contributed by atoms with Crippen LogP contribution in [0.4, 0.5) is 0 Å². The molecule has 0 aliphatic rings. The summed E-state index contributed by atoms with van der Waals surface area (Å²) in [5.41, 5.74) is 24.2. The van der Waals surface area contributed by atoms with Crippen LogP contribution in [0.25, 0.3) is 176 Å². The highest BCUT2D eigenvalue weighted by atomic mass is 16.3. The Kier molecular flexibility index (Phi) is 14.4. The van der Waals surface area contributed by atoms with E-state index in [4.69, 9.17) is 30.0 Å². The molecular formula is C99H86N4O4+4. The average Bonchev–Trinajstić information content (AvgIpc) is 1.58. The van der Waals surface area contributed by atoms with Gasteiger partial charge in [0, 0.05) is 78.7 Å².